The van der Waals surface area contributed by atoms with Crippen molar-refractivity contribution in [1.82, 2.24) is 4.90 Å². The number of carbonyl (C=O) groups excluding carboxylic acids is 2. The second-order valence-corrected chi connectivity index (χ2v) is 11.6. The molecule has 0 aliphatic carbocycles. The van der Waals surface area contributed by atoms with Gasteiger partial charge in [-0.25, -0.2) is 9.59 Å². The van der Waals surface area contributed by atoms with E-state index in [0.717, 1.165) is 33.9 Å². The standard InChI is InChI=1S/C28H22BrI2NO6/c29-20-9-6-17(7-10-20)8-11-24(33)32-14-21-19(13-23(32)28(35)36)12-22(30)27(26(21)31)38-16-25(34)37-15-18-4-2-1-3-5-18/h1-12,23H,13-16H2,(H,35,36)/b11-8+/t23-/m0/s1. The fraction of sp³-hybridized carbons (Fsp3) is 0.179. The van der Waals surface area contributed by atoms with Crippen molar-refractivity contribution in [3.8, 4) is 5.75 Å². The maximum Gasteiger partial charge on any atom is 0.344 e. The minimum atomic E-state index is -1.06. The molecule has 0 fully saturated rings. The van der Waals surface area contributed by atoms with Gasteiger partial charge in [-0.15, -0.1) is 0 Å². The second kappa shape index (κ2) is 13.1. The van der Waals surface area contributed by atoms with Crippen LogP contribution in [0.5, 0.6) is 5.75 Å². The van der Waals surface area contributed by atoms with Crippen molar-refractivity contribution in [2.75, 3.05) is 6.61 Å². The Morgan fingerprint density at radius 1 is 1.08 bits per heavy atom. The lowest BCUT2D eigenvalue weighted by Gasteiger charge is -2.35. The van der Waals surface area contributed by atoms with Crippen LogP contribution in [-0.2, 0) is 38.7 Å². The normalized spacial score (nSPS) is 14.7. The molecule has 3 aromatic rings. The fourth-order valence-electron chi connectivity index (χ4n) is 3.97. The van der Waals surface area contributed by atoms with E-state index in [-0.39, 0.29) is 26.2 Å². The molecule has 1 heterocycles. The number of carboxylic acid groups (broad SMARTS) is 1. The van der Waals surface area contributed by atoms with E-state index in [1.54, 1.807) is 6.08 Å². The molecule has 0 saturated heterocycles. The number of carbonyl (C=O) groups is 3. The first-order valence-corrected chi connectivity index (χ1v) is 14.5. The average Bonchev–Trinajstić information content (AvgIpc) is 2.91. The van der Waals surface area contributed by atoms with Gasteiger partial charge in [0.15, 0.2) is 6.61 Å². The van der Waals surface area contributed by atoms with Crippen molar-refractivity contribution >= 4 is 85.0 Å². The molecule has 1 N–H and O–H groups in total. The van der Waals surface area contributed by atoms with E-state index in [4.69, 9.17) is 9.47 Å². The summed E-state index contributed by atoms with van der Waals surface area (Å²) in [5, 5.41) is 9.87. The molecule has 3 aromatic carbocycles. The highest BCUT2D eigenvalue weighted by Gasteiger charge is 2.36. The van der Waals surface area contributed by atoms with Gasteiger partial charge >= 0.3 is 11.9 Å². The highest BCUT2D eigenvalue weighted by atomic mass is 127. The quantitative estimate of drug-likeness (QED) is 0.175. The molecule has 10 heteroatoms. The third kappa shape index (κ3) is 7.14. The molecule has 0 spiro atoms. The predicted molar refractivity (Wildman–Crippen MR) is 162 cm³/mol. The van der Waals surface area contributed by atoms with E-state index in [0.29, 0.717) is 5.75 Å². The average molecular weight is 802 g/mol. The van der Waals surface area contributed by atoms with Gasteiger partial charge in [0.25, 0.3) is 0 Å². The molecule has 1 aliphatic heterocycles. The number of halogens is 3. The van der Waals surface area contributed by atoms with E-state index in [2.05, 4.69) is 61.1 Å². The summed E-state index contributed by atoms with van der Waals surface area (Å²) >= 11 is 7.62. The first kappa shape index (κ1) is 28.6. The monoisotopic (exact) mass is 801 g/mol. The van der Waals surface area contributed by atoms with Crippen molar-refractivity contribution in [2.24, 2.45) is 0 Å². The van der Waals surface area contributed by atoms with E-state index in [1.165, 1.54) is 11.0 Å². The van der Waals surface area contributed by atoms with Gasteiger partial charge in [0.2, 0.25) is 5.91 Å². The highest BCUT2D eigenvalue weighted by molar-refractivity contribution is 14.1. The first-order chi connectivity index (χ1) is 18.2. The lowest BCUT2D eigenvalue weighted by atomic mass is 9.93. The van der Waals surface area contributed by atoms with E-state index >= 15 is 0 Å². The van der Waals surface area contributed by atoms with E-state index < -0.39 is 23.9 Å². The van der Waals surface area contributed by atoms with Crippen LogP contribution in [0, 0.1) is 7.14 Å². The molecule has 1 aliphatic rings. The maximum atomic E-state index is 13.1. The number of ether oxygens (including phenoxy) is 2. The minimum Gasteiger partial charge on any atom is -0.480 e. The van der Waals surface area contributed by atoms with Crippen molar-refractivity contribution < 1.29 is 29.0 Å². The number of esters is 1. The maximum absolute atomic E-state index is 13.1. The molecule has 0 saturated carbocycles. The van der Waals surface area contributed by atoms with Gasteiger partial charge in [0, 0.05) is 23.5 Å². The van der Waals surface area contributed by atoms with Crippen LogP contribution in [0.1, 0.15) is 22.3 Å². The van der Waals surface area contributed by atoms with Crippen LogP contribution in [0.15, 0.2) is 71.2 Å². The highest BCUT2D eigenvalue weighted by Crippen LogP contribution is 2.37. The molecule has 0 unspecified atom stereocenters. The number of amides is 1. The van der Waals surface area contributed by atoms with Gasteiger partial charge in [-0.05, 0) is 91.7 Å². The number of rotatable bonds is 8. The van der Waals surface area contributed by atoms with Crippen molar-refractivity contribution in [1.29, 1.82) is 0 Å². The van der Waals surface area contributed by atoms with E-state index in [9.17, 15) is 19.5 Å². The van der Waals surface area contributed by atoms with Gasteiger partial charge in [-0.2, -0.15) is 0 Å². The first-order valence-electron chi connectivity index (χ1n) is 11.5. The van der Waals surface area contributed by atoms with Gasteiger partial charge in [0.1, 0.15) is 18.4 Å². The van der Waals surface area contributed by atoms with Crippen LogP contribution in [0.4, 0.5) is 0 Å². The van der Waals surface area contributed by atoms with Crippen molar-refractivity contribution in [3.05, 3.63) is 101 Å². The van der Waals surface area contributed by atoms with Gasteiger partial charge in [0.05, 0.1) is 7.14 Å². The predicted octanol–water partition coefficient (Wildman–Crippen LogP) is 5.83. The molecular formula is C28H22BrI2NO6. The Hall–Kier alpha value is -2.45. The molecule has 0 aromatic heterocycles. The Kier molecular flexibility index (Phi) is 9.82. The topological polar surface area (TPSA) is 93.1 Å². The molecule has 38 heavy (non-hydrogen) atoms. The van der Waals surface area contributed by atoms with Crippen LogP contribution < -0.4 is 4.74 Å². The summed E-state index contributed by atoms with van der Waals surface area (Å²) < 4.78 is 13.6. The zero-order valence-electron chi connectivity index (χ0n) is 19.9. The Morgan fingerprint density at radius 3 is 2.47 bits per heavy atom. The van der Waals surface area contributed by atoms with Gasteiger partial charge in [-0.3, -0.25) is 4.79 Å². The second-order valence-electron chi connectivity index (χ2n) is 8.48. The molecule has 7 nitrogen and oxygen atoms in total. The summed E-state index contributed by atoms with van der Waals surface area (Å²) in [4.78, 5) is 38.8. The minimum absolute atomic E-state index is 0.111. The van der Waals surface area contributed by atoms with Crippen LogP contribution >= 0.6 is 61.1 Å². The van der Waals surface area contributed by atoms with Crippen LogP contribution in [0.25, 0.3) is 6.08 Å². The molecule has 196 valence electrons. The molecule has 4 rings (SSSR count). The summed E-state index contributed by atoms with van der Waals surface area (Å²) in [7, 11) is 0. The Balaban J connectivity index is 1.49. The van der Waals surface area contributed by atoms with Crippen LogP contribution in [-0.4, -0.2) is 40.5 Å². The fourth-order valence-corrected chi connectivity index (χ4v) is 6.52. The van der Waals surface area contributed by atoms with Gasteiger partial charge < -0.3 is 19.5 Å². The molecule has 0 radical (unpaired) electrons. The molecular weight excluding hydrogens is 780 g/mol. The number of hydrogen-bond acceptors (Lipinski definition) is 5. The SMILES string of the molecule is O=C(COc1c(I)cc2c(c1I)CN(C(=O)/C=C/c1ccc(Br)cc1)[C@H](C(=O)O)C2)OCc1ccccc1. The molecule has 1 amide bonds. The number of aliphatic carboxylic acids is 1. The summed E-state index contributed by atoms with van der Waals surface area (Å²) in [6.07, 6.45) is 3.23. The lowest BCUT2D eigenvalue weighted by Crippen LogP contribution is -2.48. The Bertz CT molecular complexity index is 1380. The summed E-state index contributed by atoms with van der Waals surface area (Å²) in [6.45, 7) is -0.00338. The van der Waals surface area contributed by atoms with Crippen LogP contribution in [0.2, 0.25) is 0 Å². The number of benzene rings is 3. The zero-order chi connectivity index (χ0) is 27.2. The number of hydrogen-bond donors (Lipinski definition) is 1. The third-order valence-corrected chi connectivity index (χ3v) is 8.39. The molecule has 0 bridgehead atoms. The van der Waals surface area contributed by atoms with E-state index in [1.807, 2.05) is 60.7 Å². The summed E-state index contributed by atoms with van der Waals surface area (Å²) in [5.74, 6) is -1.45. The summed E-state index contributed by atoms with van der Waals surface area (Å²) in [6, 6.07) is 17.7. The van der Waals surface area contributed by atoms with Crippen LogP contribution in [0.3, 0.4) is 0 Å². The molecule has 1 atom stereocenters. The largest absolute Gasteiger partial charge is 0.480 e. The van der Waals surface area contributed by atoms with Gasteiger partial charge in [-0.1, -0.05) is 58.4 Å². The van der Waals surface area contributed by atoms with Crippen molar-refractivity contribution in [2.45, 2.75) is 25.6 Å². The smallest absolute Gasteiger partial charge is 0.344 e. The number of carboxylic acids is 1. The third-order valence-electron chi connectivity index (χ3n) is 5.92. The summed E-state index contributed by atoms with van der Waals surface area (Å²) in [5.41, 5.74) is 3.35. The van der Waals surface area contributed by atoms with Crippen molar-refractivity contribution in [3.63, 3.8) is 0 Å². The lowest BCUT2D eigenvalue weighted by molar-refractivity contribution is -0.149. The number of fused-ring (bicyclic) bond motifs is 1. The zero-order valence-corrected chi connectivity index (χ0v) is 25.8. The Morgan fingerprint density at radius 2 is 1.79 bits per heavy atom. The number of nitrogens with zero attached hydrogens (tertiary/aromatic N) is 1. The Labute approximate surface area is 255 Å².